The average Bonchev–Trinajstić information content (AvgIpc) is 2.30. The van der Waals surface area contributed by atoms with Crippen LogP contribution in [0.2, 0.25) is 0 Å². The highest BCUT2D eigenvalue weighted by Gasteiger charge is 2.16. The number of aromatic nitrogens is 2. The van der Waals surface area contributed by atoms with Crippen LogP contribution in [0.25, 0.3) is 0 Å². The molecule has 0 bridgehead atoms. The summed E-state index contributed by atoms with van der Waals surface area (Å²) in [7, 11) is 0. The average molecular weight is 205 g/mol. The molecular weight excluding hydrogens is 190 g/mol. The summed E-state index contributed by atoms with van der Waals surface area (Å²) < 4.78 is 5.26. The smallest absolute Gasteiger partial charge is 0.0876 e. The van der Waals surface area contributed by atoms with Crippen molar-refractivity contribution in [1.29, 1.82) is 0 Å². The Morgan fingerprint density at radius 2 is 2.27 bits per heavy atom. The quantitative estimate of drug-likeness (QED) is 0.794. The van der Waals surface area contributed by atoms with Crippen molar-refractivity contribution in [3.05, 3.63) is 35.6 Å². The van der Waals surface area contributed by atoms with Gasteiger partial charge in [-0.15, -0.1) is 0 Å². The van der Waals surface area contributed by atoms with Gasteiger partial charge in [0.15, 0.2) is 0 Å². The van der Waals surface area contributed by atoms with Gasteiger partial charge in [-0.1, -0.05) is 0 Å². The normalized spacial score (nSPS) is 17.9. The second kappa shape index (κ2) is 4.40. The first-order valence-corrected chi connectivity index (χ1v) is 5.12. The molecule has 1 aliphatic heterocycles. The SMILES string of the molecule is Cc1cnc(C(N)C2=COCCC2)cn1. The number of hydrogen-bond acceptors (Lipinski definition) is 4. The van der Waals surface area contributed by atoms with Crippen LogP contribution in [0.15, 0.2) is 24.2 Å². The molecule has 1 aliphatic rings. The topological polar surface area (TPSA) is 61.0 Å². The Morgan fingerprint density at radius 3 is 2.87 bits per heavy atom. The van der Waals surface area contributed by atoms with Crippen LogP contribution in [0.1, 0.15) is 30.3 Å². The summed E-state index contributed by atoms with van der Waals surface area (Å²) >= 11 is 0. The van der Waals surface area contributed by atoms with E-state index in [4.69, 9.17) is 10.5 Å². The lowest BCUT2D eigenvalue weighted by Crippen LogP contribution is -2.17. The van der Waals surface area contributed by atoms with E-state index in [1.165, 1.54) is 0 Å². The Hall–Kier alpha value is -1.42. The second-order valence-corrected chi connectivity index (χ2v) is 3.73. The molecule has 2 N–H and O–H groups in total. The van der Waals surface area contributed by atoms with Crippen LogP contribution in [-0.4, -0.2) is 16.6 Å². The summed E-state index contributed by atoms with van der Waals surface area (Å²) in [5.41, 5.74) is 8.87. The Labute approximate surface area is 89.2 Å². The van der Waals surface area contributed by atoms with Gasteiger partial charge in [0.2, 0.25) is 0 Å². The number of hydrogen-bond donors (Lipinski definition) is 1. The first kappa shape index (κ1) is 10.1. The second-order valence-electron chi connectivity index (χ2n) is 3.73. The van der Waals surface area contributed by atoms with E-state index in [1.807, 2.05) is 6.92 Å². The summed E-state index contributed by atoms with van der Waals surface area (Å²) in [6.07, 6.45) is 7.24. The number of aryl methyl sites for hydroxylation is 1. The van der Waals surface area contributed by atoms with Crippen molar-refractivity contribution in [3.63, 3.8) is 0 Å². The van der Waals surface area contributed by atoms with Gasteiger partial charge >= 0.3 is 0 Å². The van der Waals surface area contributed by atoms with E-state index < -0.39 is 0 Å². The van der Waals surface area contributed by atoms with Crippen molar-refractivity contribution in [1.82, 2.24) is 9.97 Å². The molecule has 0 spiro atoms. The van der Waals surface area contributed by atoms with Crippen molar-refractivity contribution in [2.45, 2.75) is 25.8 Å². The van der Waals surface area contributed by atoms with Crippen LogP contribution >= 0.6 is 0 Å². The third-order valence-electron chi connectivity index (χ3n) is 2.48. The lowest BCUT2D eigenvalue weighted by atomic mass is 10.0. The fraction of sp³-hybridized carbons (Fsp3) is 0.455. The molecule has 4 heteroatoms. The standard InChI is InChI=1S/C11H15N3O/c1-8-5-14-10(6-13-8)11(12)9-3-2-4-15-7-9/h5-7,11H,2-4,12H2,1H3. The molecule has 0 saturated carbocycles. The zero-order valence-corrected chi connectivity index (χ0v) is 8.81. The highest BCUT2D eigenvalue weighted by atomic mass is 16.5. The van der Waals surface area contributed by atoms with Crippen LogP contribution in [0.5, 0.6) is 0 Å². The van der Waals surface area contributed by atoms with Crippen molar-refractivity contribution >= 4 is 0 Å². The Bertz CT molecular complexity index is 359. The molecule has 2 rings (SSSR count). The zero-order chi connectivity index (χ0) is 10.7. The minimum atomic E-state index is -0.182. The van der Waals surface area contributed by atoms with Gasteiger partial charge in [-0.2, -0.15) is 0 Å². The lowest BCUT2D eigenvalue weighted by molar-refractivity contribution is 0.221. The molecule has 0 amide bonds. The lowest BCUT2D eigenvalue weighted by Gasteiger charge is -2.19. The minimum Gasteiger partial charge on any atom is -0.501 e. The monoisotopic (exact) mass is 205 g/mol. The number of nitrogens with two attached hydrogens (primary N) is 1. The summed E-state index contributed by atoms with van der Waals surface area (Å²) in [4.78, 5) is 8.45. The van der Waals surface area contributed by atoms with E-state index in [-0.39, 0.29) is 6.04 Å². The molecule has 15 heavy (non-hydrogen) atoms. The molecule has 0 aromatic carbocycles. The van der Waals surface area contributed by atoms with E-state index in [1.54, 1.807) is 18.7 Å². The van der Waals surface area contributed by atoms with Crippen molar-refractivity contribution in [3.8, 4) is 0 Å². The molecule has 0 aliphatic carbocycles. The van der Waals surface area contributed by atoms with Gasteiger partial charge in [0.1, 0.15) is 0 Å². The maximum absolute atomic E-state index is 6.07. The van der Waals surface area contributed by atoms with Gasteiger partial charge in [-0.3, -0.25) is 9.97 Å². The maximum Gasteiger partial charge on any atom is 0.0876 e. The zero-order valence-electron chi connectivity index (χ0n) is 8.81. The number of ether oxygens (including phenoxy) is 1. The maximum atomic E-state index is 6.07. The summed E-state index contributed by atoms with van der Waals surface area (Å²) in [5, 5.41) is 0. The van der Waals surface area contributed by atoms with Crippen LogP contribution in [0, 0.1) is 6.92 Å². The van der Waals surface area contributed by atoms with Gasteiger partial charge in [-0.05, 0) is 25.3 Å². The molecule has 80 valence electrons. The molecule has 4 nitrogen and oxygen atoms in total. The predicted octanol–water partition coefficient (Wildman–Crippen LogP) is 1.48. The molecule has 0 radical (unpaired) electrons. The Morgan fingerprint density at radius 1 is 1.40 bits per heavy atom. The van der Waals surface area contributed by atoms with E-state index in [0.717, 1.165) is 36.4 Å². The van der Waals surface area contributed by atoms with Gasteiger partial charge in [0, 0.05) is 6.20 Å². The molecule has 0 fully saturated rings. The van der Waals surface area contributed by atoms with Crippen LogP contribution in [0.3, 0.4) is 0 Å². The first-order valence-electron chi connectivity index (χ1n) is 5.12. The van der Waals surface area contributed by atoms with E-state index >= 15 is 0 Å². The third kappa shape index (κ3) is 2.33. The Kier molecular flexibility index (Phi) is 2.97. The van der Waals surface area contributed by atoms with Crippen LogP contribution in [0.4, 0.5) is 0 Å². The number of rotatable bonds is 2. The minimum absolute atomic E-state index is 0.182. The number of nitrogens with zero attached hydrogens (tertiary/aromatic N) is 2. The fourth-order valence-electron chi connectivity index (χ4n) is 1.57. The van der Waals surface area contributed by atoms with Crippen LogP contribution in [-0.2, 0) is 4.74 Å². The molecule has 1 aromatic heterocycles. The predicted molar refractivity (Wildman–Crippen MR) is 57.0 cm³/mol. The Balaban J connectivity index is 2.16. The summed E-state index contributed by atoms with van der Waals surface area (Å²) in [5.74, 6) is 0. The molecule has 2 heterocycles. The van der Waals surface area contributed by atoms with Crippen LogP contribution < -0.4 is 5.73 Å². The van der Waals surface area contributed by atoms with Crippen molar-refractivity contribution < 1.29 is 4.74 Å². The van der Waals surface area contributed by atoms with Crippen molar-refractivity contribution in [2.24, 2.45) is 5.73 Å². The van der Waals surface area contributed by atoms with E-state index in [0.29, 0.717) is 0 Å². The molecular formula is C11H15N3O. The molecule has 1 unspecified atom stereocenters. The van der Waals surface area contributed by atoms with Gasteiger partial charge in [0.05, 0.1) is 36.5 Å². The third-order valence-corrected chi connectivity index (χ3v) is 2.48. The van der Waals surface area contributed by atoms with E-state index in [9.17, 15) is 0 Å². The first-order chi connectivity index (χ1) is 7.27. The highest BCUT2D eigenvalue weighted by molar-refractivity contribution is 5.19. The van der Waals surface area contributed by atoms with Gasteiger partial charge in [0.25, 0.3) is 0 Å². The van der Waals surface area contributed by atoms with Gasteiger partial charge in [-0.25, -0.2) is 0 Å². The molecule has 1 atom stereocenters. The largest absolute Gasteiger partial charge is 0.501 e. The van der Waals surface area contributed by atoms with E-state index in [2.05, 4.69) is 9.97 Å². The molecule has 1 aromatic rings. The highest BCUT2D eigenvalue weighted by Crippen LogP contribution is 2.23. The fourth-order valence-corrected chi connectivity index (χ4v) is 1.57. The van der Waals surface area contributed by atoms with Crippen molar-refractivity contribution in [2.75, 3.05) is 6.61 Å². The van der Waals surface area contributed by atoms with Gasteiger partial charge < -0.3 is 10.5 Å². The molecule has 0 saturated heterocycles. The summed E-state index contributed by atoms with van der Waals surface area (Å²) in [6, 6.07) is -0.182. The summed E-state index contributed by atoms with van der Waals surface area (Å²) in [6.45, 7) is 2.70.